The number of benzene rings is 2. The van der Waals surface area contributed by atoms with E-state index >= 15 is 0 Å². The Labute approximate surface area is 206 Å². The van der Waals surface area contributed by atoms with E-state index < -0.39 is 11.8 Å². The summed E-state index contributed by atoms with van der Waals surface area (Å²) in [5, 5.41) is 18.3. The lowest BCUT2D eigenvalue weighted by molar-refractivity contribution is -0.118. The van der Waals surface area contributed by atoms with Crippen molar-refractivity contribution < 1.29 is 9.59 Å². The lowest BCUT2D eigenvalue weighted by Crippen LogP contribution is -2.36. The summed E-state index contributed by atoms with van der Waals surface area (Å²) >= 11 is 2.71. The summed E-state index contributed by atoms with van der Waals surface area (Å²) in [5.74, 6) is -1.40. The van der Waals surface area contributed by atoms with Gasteiger partial charge in [0.05, 0.1) is 23.3 Å². The molecule has 2 heterocycles. The highest BCUT2D eigenvalue weighted by atomic mass is 32.2. The van der Waals surface area contributed by atoms with Crippen LogP contribution in [0.4, 0.5) is 11.4 Å². The maximum absolute atomic E-state index is 13.3. The van der Waals surface area contributed by atoms with Crippen LogP contribution in [0.25, 0.3) is 0 Å². The Kier molecular flexibility index (Phi) is 7.58. The van der Waals surface area contributed by atoms with Gasteiger partial charge in [0.2, 0.25) is 11.8 Å². The molecule has 1 aromatic heterocycles. The number of amides is 2. The van der Waals surface area contributed by atoms with Gasteiger partial charge in [0, 0.05) is 27.9 Å². The van der Waals surface area contributed by atoms with E-state index in [2.05, 4.69) is 21.7 Å². The third kappa shape index (κ3) is 5.45. The van der Waals surface area contributed by atoms with E-state index in [1.807, 2.05) is 78.2 Å². The smallest absolute Gasteiger partial charge is 0.234 e. The highest BCUT2D eigenvalue weighted by molar-refractivity contribution is 8.03. The SMILES string of the molecule is CC1=NC(SCC(=O)Nc2ccccc2)=C(C#N)C(c2cccs2)C1C(=O)Nc1ccccc1. The molecule has 8 heteroatoms. The monoisotopic (exact) mass is 486 g/mol. The van der Waals surface area contributed by atoms with Gasteiger partial charge in [-0.15, -0.1) is 11.3 Å². The minimum absolute atomic E-state index is 0.101. The fraction of sp³-hybridized carbons (Fsp3) is 0.154. The van der Waals surface area contributed by atoms with Crippen molar-refractivity contribution in [1.82, 2.24) is 0 Å². The number of anilines is 2. The number of hydrogen-bond acceptors (Lipinski definition) is 6. The normalized spacial score (nSPS) is 17.5. The van der Waals surface area contributed by atoms with Crippen molar-refractivity contribution in [3.8, 4) is 6.07 Å². The first-order valence-corrected chi connectivity index (χ1v) is 12.5. The summed E-state index contributed by atoms with van der Waals surface area (Å²) in [6, 6.07) is 24.5. The molecule has 2 amide bonds. The first kappa shape index (κ1) is 23.5. The Morgan fingerprint density at radius 2 is 1.65 bits per heavy atom. The first-order chi connectivity index (χ1) is 16.6. The van der Waals surface area contributed by atoms with E-state index in [1.165, 1.54) is 23.1 Å². The molecule has 0 radical (unpaired) electrons. The van der Waals surface area contributed by atoms with Gasteiger partial charge < -0.3 is 10.6 Å². The molecule has 6 nitrogen and oxygen atoms in total. The minimum atomic E-state index is -0.629. The average molecular weight is 487 g/mol. The summed E-state index contributed by atoms with van der Waals surface area (Å²) in [6.07, 6.45) is 0. The van der Waals surface area contributed by atoms with Crippen LogP contribution in [0.1, 0.15) is 17.7 Å². The van der Waals surface area contributed by atoms with Crippen molar-refractivity contribution in [2.45, 2.75) is 12.8 Å². The predicted molar refractivity (Wildman–Crippen MR) is 139 cm³/mol. The molecule has 0 fully saturated rings. The molecule has 2 N–H and O–H groups in total. The zero-order valence-corrected chi connectivity index (χ0v) is 20.0. The van der Waals surface area contributed by atoms with Gasteiger partial charge in [-0.25, -0.2) is 4.99 Å². The van der Waals surface area contributed by atoms with E-state index in [0.717, 1.165) is 4.88 Å². The number of para-hydroxylation sites is 2. The Morgan fingerprint density at radius 1 is 1.00 bits per heavy atom. The molecule has 2 unspecified atom stereocenters. The molecule has 4 rings (SSSR count). The molecule has 1 aliphatic rings. The van der Waals surface area contributed by atoms with Gasteiger partial charge in [-0.1, -0.05) is 54.2 Å². The van der Waals surface area contributed by atoms with Crippen molar-refractivity contribution >= 4 is 52.0 Å². The number of hydrogen-bond donors (Lipinski definition) is 2. The zero-order chi connectivity index (χ0) is 23.9. The van der Waals surface area contributed by atoms with Crippen LogP contribution < -0.4 is 10.6 Å². The van der Waals surface area contributed by atoms with Crippen LogP contribution in [0, 0.1) is 17.2 Å². The van der Waals surface area contributed by atoms with E-state index in [0.29, 0.717) is 27.7 Å². The molecular formula is C26H22N4O2S2. The number of carbonyl (C=O) groups excluding carboxylic acids is 2. The molecule has 0 spiro atoms. The van der Waals surface area contributed by atoms with Crippen molar-refractivity contribution in [1.29, 1.82) is 5.26 Å². The molecule has 34 heavy (non-hydrogen) atoms. The highest BCUT2D eigenvalue weighted by Crippen LogP contribution is 2.43. The quantitative estimate of drug-likeness (QED) is 0.450. The van der Waals surface area contributed by atoms with Gasteiger partial charge in [0.15, 0.2) is 0 Å². The number of thioether (sulfide) groups is 1. The topological polar surface area (TPSA) is 94.3 Å². The van der Waals surface area contributed by atoms with Gasteiger partial charge in [-0.3, -0.25) is 9.59 Å². The van der Waals surface area contributed by atoms with Crippen molar-refractivity contribution in [2.24, 2.45) is 10.9 Å². The Bertz CT molecular complexity index is 1260. The van der Waals surface area contributed by atoms with Gasteiger partial charge in [-0.2, -0.15) is 5.26 Å². The summed E-state index contributed by atoms with van der Waals surface area (Å²) in [7, 11) is 0. The molecule has 0 aliphatic carbocycles. The summed E-state index contributed by atoms with van der Waals surface area (Å²) in [4.78, 5) is 31.3. The number of thiophene rings is 1. The van der Waals surface area contributed by atoms with Gasteiger partial charge in [-0.05, 0) is 42.6 Å². The van der Waals surface area contributed by atoms with Gasteiger partial charge in [0.1, 0.15) is 5.03 Å². The van der Waals surface area contributed by atoms with Gasteiger partial charge in [0.25, 0.3) is 0 Å². The molecule has 2 atom stereocenters. The van der Waals surface area contributed by atoms with Gasteiger partial charge >= 0.3 is 0 Å². The fourth-order valence-corrected chi connectivity index (χ4v) is 5.52. The number of carbonyl (C=O) groups is 2. The Morgan fingerprint density at radius 3 is 2.24 bits per heavy atom. The van der Waals surface area contributed by atoms with E-state index in [-0.39, 0.29) is 17.6 Å². The second kappa shape index (κ2) is 11.0. The summed E-state index contributed by atoms with van der Waals surface area (Å²) in [6.45, 7) is 1.80. The molecular weight excluding hydrogens is 464 g/mol. The van der Waals surface area contributed by atoms with Crippen molar-refractivity contribution in [2.75, 3.05) is 16.4 Å². The van der Waals surface area contributed by atoms with E-state index in [1.54, 1.807) is 6.92 Å². The molecule has 1 aliphatic heterocycles. The minimum Gasteiger partial charge on any atom is -0.325 e. The molecule has 0 saturated heterocycles. The first-order valence-electron chi connectivity index (χ1n) is 10.6. The molecule has 2 aromatic carbocycles. The number of rotatable bonds is 7. The second-order valence-corrected chi connectivity index (χ2v) is 9.56. The van der Waals surface area contributed by atoms with Crippen molar-refractivity contribution in [3.05, 3.63) is 93.7 Å². The maximum atomic E-state index is 13.3. The number of nitriles is 1. The number of nitrogens with one attached hydrogen (secondary N) is 2. The van der Waals surface area contributed by atoms with Crippen LogP contribution in [0.15, 0.2) is 93.8 Å². The zero-order valence-electron chi connectivity index (χ0n) is 18.4. The molecule has 0 bridgehead atoms. The van der Waals surface area contributed by atoms with E-state index in [9.17, 15) is 14.9 Å². The highest BCUT2D eigenvalue weighted by Gasteiger charge is 2.40. The average Bonchev–Trinajstić information content (AvgIpc) is 3.38. The largest absolute Gasteiger partial charge is 0.325 e. The second-order valence-electron chi connectivity index (χ2n) is 7.61. The lowest BCUT2D eigenvalue weighted by atomic mass is 9.80. The maximum Gasteiger partial charge on any atom is 0.234 e. The van der Waals surface area contributed by atoms with Crippen molar-refractivity contribution in [3.63, 3.8) is 0 Å². The summed E-state index contributed by atoms with van der Waals surface area (Å²) < 4.78 is 0. The van der Waals surface area contributed by atoms with Crippen LogP contribution in [-0.4, -0.2) is 23.3 Å². The standard InChI is InChI=1S/C26H22N4O2S2/c1-17-23(25(32)30-19-11-6-3-7-12-19)24(21-13-8-14-33-21)20(15-27)26(28-17)34-16-22(31)29-18-9-4-2-5-10-18/h2-14,23-24H,16H2,1H3,(H,29,31)(H,30,32). The predicted octanol–water partition coefficient (Wildman–Crippen LogP) is 5.67. The van der Waals surface area contributed by atoms with Crippen LogP contribution in [0.2, 0.25) is 0 Å². The molecule has 170 valence electrons. The number of aliphatic imine (C=N–C) groups is 1. The molecule has 3 aromatic rings. The van der Waals surface area contributed by atoms with Crippen LogP contribution in [-0.2, 0) is 9.59 Å². The summed E-state index contributed by atoms with van der Waals surface area (Å²) in [5.41, 5.74) is 2.40. The third-order valence-electron chi connectivity index (χ3n) is 5.29. The Hall–Kier alpha value is -3.67. The fourth-order valence-electron chi connectivity index (χ4n) is 3.77. The number of nitrogens with zero attached hydrogens (tertiary/aromatic N) is 2. The third-order valence-corrected chi connectivity index (χ3v) is 7.24. The molecule has 0 saturated carbocycles. The van der Waals surface area contributed by atoms with E-state index in [4.69, 9.17) is 0 Å². The van der Waals surface area contributed by atoms with Crippen LogP contribution >= 0.6 is 23.1 Å². The van der Waals surface area contributed by atoms with Crippen LogP contribution in [0.3, 0.4) is 0 Å². The lowest BCUT2D eigenvalue weighted by Gasteiger charge is -2.30. The Balaban J connectivity index is 1.58. The number of allylic oxidation sites excluding steroid dienone is 1. The van der Waals surface area contributed by atoms with Crippen LogP contribution in [0.5, 0.6) is 0 Å².